The normalized spacial score (nSPS) is 11.9. The maximum absolute atomic E-state index is 12.8. The number of aromatic nitrogens is 2. The van der Waals surface area contributed by atoms with Crippen molar-refractivity contribution in [2.24, 2.45) is 0 Å². The van der Waals surface area contributed by atoms with E-state index in [9.17, 15) is 4.79 Å². The van der Waals surface area contributed by atoms with Crippen LogP contribution in [0.1, 0.15) is 34.7 Å². The highest BCUT2D eigenvalue weighted by atomic mass is 16.5. The zero-order chi connectivity index (χ0) is 20.2. The average molecular weight is 385 g/mol. The monoisotopic (exact) mass is 385 g/mol. The Morgan fingerprint density at radius 3 is 2.59 bits per heavy atom. The molecule has 1 N–H and O–H groups in total. The summed E-state index contributed by atoms with van der Waals surface area (Å²) in [6.07, 6.45) is 0. The molecule has 5 nitrogen and oxygen atoms in total. The zero-order valence-corrected chi connectivity index (χ0v) is 16.5. The quantitative estimate of drug-likeness (QED) is 0.528. The van der Waals surface area contributed by atoms with Gasteiger partial charge in [0.2, 0.25) is 0 Å². The fraction of sp³-hybridized carbons (Fsp3) is 0.167. The van der Waals surface area contributed by atoms with Crippen LogP contribution < -0.4 is 10.1 Å². The first-order valence-corrected chi connectivity index (χ1v) is 9.59. The minimum atomic E-state index is -0.259. The van der Waals surface area contributed by atoms with E-state index in [1.807, 2.05) is 55.5 Å². The lowest BCUT2D eigenvalue weighted by atomic mass is 10.2. The Morgan fingerprint density at radius 1 is 1.03 bits per heavy atom. The van der Waals surface area contributed by atoms with E-state index in [4.69, 9.17) is 9.72 Å². The van der Waals surface area contributed by atoms with E-state index in [-0.39, 0.29) is 11.9 Å². The van der Waals surface area contributed by atoms with Gasteiger partial charge in [-0.25, -0.2) is 4.98 Å². The third-order valence-electron chi connectivity index (χ3n) is 4.93. The molecule has 3 aromatic carbocycles. The molecule has 4 aromatic rings. The van der Waals surface area contributed by atoms with Crippen LogP contribution in [0.2, 0.25) is 0 Å². The first-order valence-electron chi connectivity index (χ1n) is 9.59. The number of nitrogens with zero attached hydrogens (tertiary/aromatic N) is 2. The summed E-state index contributed by atoms with van der Waals surface area (Å²) >= 11 is 0. The van der Waals surface area contributed by atoms with Crippen LogP contribution in [0, 0.1) is 0 Å². The van der Waals surface area contributed by atoms with Gasteiger partial charge in [-0.2, -0.15) is 0 Å². The van der Waals surface area contributed by atoms with Crippen LogP contribution in [-0.4, -0.2) is 22.6 Å². The molecule has 5 heteroatoms. The van der Waals surface area contributed by atoms with Crippen LogP contribution in [0.25, 0.3) is 11.0 Å². The molecule has 0 saturated heterocycles. The van der Waals surface area contributed by atoms with Crippen molar-refractivity contribution < 1.29 is 9.53 Å². The topological polar surface area (TPSA) is 56.1 Å². The molecule has 29 heavy (non-hydrogen) atoms. The van der Waals surface area contributed by atoms with Crippen LogP contribution in [0.5, 0.6) is 5.75 Å². The Bertz CT molecular complexity index is 1140. The van der Waals surface area contributed by atoms with Crippen molar-refractivity contribution in [1.29, 1.82) is 0 Å². The minimum absolute atomic E-state index is 0.158. The van der Waals surface area contributed by atoms with Gasteiger partial charge in [-0.3, -0.25) is 4.79 Å². The molecule has 146 valence electrons. The van der Waals surface area contributed by atoms with E-state index in [1.165, 1.54) is 5.56 Å². The van der Waals surface area contributed by atoms with Crippen molar-refractivity contribution >= 4 is 16.9 Å². The SMILES string of the molecule is COc1cccc(C(=O)NC(C)c2nc3ccccc3n2Cc2ccccc2)c1. The maximum Gasteiger partial charge on any atom is 0.251 e. The Hall–Kier alpha value is -3.60. The molecule has 0 radical (unpaired) electrons. The van der Waals surface area contributed by atoms with Gasteiger partial charge < -0.3 is 14.6 Å². The average Bonchev–Trinajstić information content (AvgIpc) is 3.13. The Morgan fingerprint density at radius 2 is 1.79 bits per heavy atom. The second-order valence-corrected chi connectivity index (χ2v) is 6.96. The molecule has 1 heterocycles. The molecule has 0 saturated carbocycles. The van der Waals surface area contributed by atoms with Crippen LogP contribution in [-0.2, 0) is 6.54 Å². The number of carbonyl (C=O) groups excluding carboxylic acids is 1. The first kappa shape index (κ1) is 18.7. The van der Waals surface area contributed by atoms with E-state index in [1.54, 1.807) is 19.2 Å². The number of nitrogens with one attached hydrogen (secondary N) is 1. The summed E-state index contributed by atoms with van der Waals surface area (Å²) in [6, 6.07) is 25.2. The van der Waals surface area contributed by atoms with Gasteiger partial charge in [0.15, 0.2) is 0 Å². The van der Waals surface area contributed by atoms with Crippen molar-refractivity contribution in [3.05, 3.63) is 95.8 Å². The maximum atomic E-state index is 12.8. The van der Waals surface area contributed by atoms with Gasteiger partial charge in [-0.1, -0.05) is 48.5 Å². The van der Waals surface area contributed by atoms with Crippen molar-refractivity contribution in [2.45, 2.75) is 19.5 Å². The van der Waals surface area contributed by atoms with Crippen molar-refractivity contribution in [3.8, 4) is 5.75 Å². The number of ether oxygens (including phenoxy) is 1. The number of imidazole rings is 1. The highest BCUT2D eigenvalue weighted by Crippen LogP contribution is 2.23. The van der Waals surface area contributed by atoms with Gasteiger partial charge in [0.25, 0.3) is 5.91 Å². The van der Waals surface area contributed by atoms with Crippen molar-refractivity contribution in [2.75, 3.05) is 7.11 Å². The number of benzene rings is 3. The third kappa shape index (κ3) is 3.99. The lowest BCUT2D eigenvalue weighted by molar-refractivity contribution is 0.0937. The predicted octanol–water partition coefficient (Wildman–Crippen LogP) is 4.58. The van der Waals surface area contributed by atoms with Gasteiger partial charge in [-0.05, 0) is 42.8 Å². The Kier molecular flexibility index (Phi) is 5.29. The highest BCUT2D eigenvalue weighted by Gasteiger charge is 2.19. The molecule has 0 bridgehead atoms. The largest absolute Gasteiger partial charge is 0.497 e. The summed E-state index contributed by atoms with van der Waals surface area (Å²) < 4.78 is 7.39. The van der Waals surface area contributed by atoms with Crippen molar-refractivity contribution in [3.63, 3.8) is 0 Å². The van der Waals surface area contributed by atoms with Crippen LogP contribution in [0.4, 0.5) is 0 Å². The van der Waals surface area contributed by atoms with E-state index < -0.39 is 0 Å². The summed E-state index contributed by atoms with van der Waals surface area (Å²) in [4.78, 5) is 17.6. The number of hydrogen-bond acceptors (Lipinski definition) is 3. The number of fused-ring (bicyclic) bond motifs is 1. The molecule has 0 aliphatic heterocycles. The van der Waals surface area contributed by atoms with Gasteiger partial charge in [-0.15, -0.1) is 0 Å². The van der Waals surface area contributed by atoms with Crippen LogP contribution >= 0.6 is 0 Å². The number of para-hydroxylation sites is 2. The number of amides is 1. The van der Waals surface area contributed by atoms with E-state index in [0.717, 1.165) is 16.9 Å². The molecule has 0 spiro atoms. The second kappa shape index (κ2) is 8.19. The number of hydrogen-bond donors (Lipinski definition) is 1. The molecule has 0 aliphatic carbocycles. The zero-order valence-electron chi connectivity index (χ0n) is 16.5. The molecule has 1 aromatic heterocycles. The molecular weight excluding hydrogens is 362 g/mol. The minimum Gasteiger partial charge on any atom is -0.497 e. The van der Waals surface area contributed by atoms with Gasteiger partial charge in [0.1, 0.15) is 11.6 Å². The molecule has 4 rings (SSSR count). The molecular formula is C24H23N3O2. The fourth-order valence-corrected chi connectivity index (χ4v) is 3.47. The Balaban J connectivity index is 1.65. The molecule has 1 amide bonds. The summed E-state index contributed by atoms with van der Waals surface area (Å²) in [6.45, 7) is 2.65. The van der Waals surface area contributed by atoms with Gasteiger partial charge >= 0.3 is 0 Å². The van der Waals surface area contributed by atoms with Crippen molar-refractivity contribution in [1.82, 2.24) is 14.9 Å². The third-order valence-corrected chi connectivity index (χ3v) is 4.93. The highest BCUT2D eigenvalue weighted by molar-refractivity contribution is 5.94. The number of rotatable bonds is 6. The lowest BCUT2D eigenvalue weighted by Gasteiger charge is -2.17. The van der Waals surface area contributed by atoms with E-state index in [0.29, 0.717) is 17.9 Å². The number of methoxy groups -OCH3 is 1. The fourth-order valence-electron chi connectivity index (χ4n) is 3.47. The van der Waals surface area contributed by atoms with Crippen LogP contribution in [0.15, 0.2) is 78.9 Å². The summed E-state index contributed by atoms with van der Waals surface area (Å²) in [5.74, 6) is 1.32. The lowest BCUT2D eigenvalue weighted by Crippen LogP contribution is -2.28. The summed E-state index contributed by atoms with van der Waals surface area (Å²) in [7, 11) is 1.59. The van der Waals surface area contributed by atoms with Gasteiger partial charge in [0, 0.05) is 12.1 Å². The molecule has 0 fully saturated rings. The summed E-state index contributed by atoms with van der Waals surface area (Å²) in [5, 5.41) is 3.07. The van der Waals surface area contributed by atoms with Gasteiger partial charge in [0.05, 0.1) is 24.2 Å². The predicted molar refractivity (Wildman–Crippen MR) is 114 cm³/mol. The smallest absolute Gasteiger partial charge is 0.251 e. The molecule has 1 atom stereocenters. The molecule has 1 unspecified atom stereocenters. The first-order chi connectivity index (χ1) is 14.2. The van der Waals surface area contributed by atoms with Crippen LogP contribution in [0.3, 0.4) is 0 Å². The molecule has 0 aliphatic rings. The van der Waals surface area contributed by atoms with E-state index in [2.05, 4.69) is 28.1 Å². The Labute approximate surface area is 170 Å². The number of carbonyl (C=O) groups is 1. The summed E-state index contributed by atoms with van der Waals surface area (Å²) in [5.41, 5.74) is 3.71. The second-order valence-electron chi connectivity index (χ2n) is 6.96. The standard InChI is InChI=1S/C24H23N3O2/c1-17(25-24(28)19-11-8-12-20(15-19)29-2)23-26-21-13-6-7-14-22(21)27(23)16-18-9-4-3-5-10-18/h3-15,17H,16H2,1-2H3,(H,25,28). The van der Waals surface area contributed by atoms with E-state index >= 15 is 0 Å².